The van der Waals surface area contributed by atoms with Gasteiger partial charge in [-0.1, -0.05) is 26.7 Å². The monoisotopic (exact) mass is 256 g/mol. The lowest BCUT2D eigenvalue weighted by molar-refractivity contribution is 0.0945. The van der Waals surface area contributed by atoms with E-state index in [1.54, 1.807) is 0 Å². The van der Waals surface area contributed by atoms with Gasteiger partial charge in [-0.15, -0.1) is 0 Å². The molecule has 0 saturated carbocycles. The first-order chi connectivity index (χ1) is 8.77. The molecule has 0 aliphatic carbocycles. The van der Waals surface area contributed by atoms with Crippen LogP contribution in [0.5, 0.6) is 0 Å². The normalized spacial score (nSPS) is 25.5. The molecular weight excluding hydrogens is 224 g/mol. The Labute approximate surface area is 113 Å². The molecule has 0 amide bonds. The first-order valence-corrected chi connectivity index (χ1v) is 7.83. The Balaban J connectivity index is 2.10. The first-order valence-electron chi connectivity index (χ1n) is 7.83. The van der Waals surface area contributed by atoms with Crippen molar-refractivity contribution in [3.05, 3.63) is 0 Å². The summed E-state index contributed by atoms with van der Waals surface area (Å²) in [5.74, 6) is 0. The highest BCUT2D eigenvalue weighted by atomic mass is 16.5. The van der Waals surface area contributed by atoms with E-state index in [0.29, 0.717) is 12.1 Å². The molecule has 1 heterocycles. The van der Waals surface area contributed by atoms with Crippen molar-refractivity contribution in [2.45, 2.75) is 65.0 Å². The van der Waals surface area contributed by atoms with E-state index in [-0.39, 0.29) is 0 Å². The fraction of sp³-hybridized carbons (Fsp3) is 1.00. The van der Waals surface area contributed by atoms with Gasteiger partial charge in [0.25, 0.3) is 0 Å². The number of piperazine rings is 1. The van der Waals surface area contributed by atoms with Crippen LogP contribution < -0.4 is 5.32 Å². The third-order valence-electron chi connectivity index (χ3n) is 3.79. The van der Waals surface area contributed by atoms with Crippen LogP contribution in [0.1, 0.15) is 52.9 Å². The molecule has 0 aromatic heterocycles. The summed E-state index contributed by atoms with van der Waals surface area (Å²) in [6.07, 6.45) is 6.18. The molecule has 1 fully saturated rings. The van der Waals surface area contributed by atoms with E-state index in [0.717, 1.165) is 19.8 Å². The summed E-state index contributed by atoms with van der Waals surface area (Å²) < 4.78 is 5.63. The third-order valence-corrected chi connectivity index (χ3v) is 3.79. The van der Waals surface area contributed by atoms with Crippen molar-refractivity contribution in [2.24, 2.45) is 0 Å². The number of hydrogen-bond donors (Lipinski definition) is 1. The molecule has 108 valence electrons. The van der Waals surface area contributed by atoms with Gasteiger partial charge in [-0.3, -0.25) is 4.90 Å². The van der Waals surface area contributed by atoms with Crippen LogP contribution in [0.2, 0.25) is 0 Å². The SMILES string of the molecule is CCCCOCCCN1CC(CCC)NCC1C. The number of nitrogens with zero attached hydrogens (tertiary/aromatic N) is 1. The molecule has 2 unspecified atom stereocenters. The third kappa shape index (κ3) is 6.17. The fourth-order valence-corrected chi connectivity index (χ4v) is 2.57. The Morgan fingerprint density at radius 3 is 2.67 bits per heavy atom. The average molecular weight is 256 g/mol. The van der Waals surface area contributed by atoms with Gasteiger partial charge < -0.3 is 10.1 Å². The number of rotatable bonds is 9. The predicted octanol–water partition coefficient (Wildman–Crippen LogP) is 2.66. The van der Waals surface area contributed by atoms with Gasteiger partial charge in [-0.05, 0) is 26.2 Å². The van der Waals surface area contributed by atoms with Gasteiger partial charge in [0.15, 0.2) is 0 Å². The summed E-state index contributed by atoms with van der Waals surface area (Å²) in [7, 11) is 0. The molecule has 3 heteroatoms. The summed E-state index contributed by atoms with van der Waals surface area (Å²) in [5.41, 5.74) is 0. The Morgan fingerprint density at radius 2 is 1.94 bits per heavy atom. The zero-order valence-electron chi connectivity index (χ0n) is 12.6. The second kappa shape index (κ2) is 9.76. The Kier molecular flexibility index (Phi) is 8.64. The van der Waals surface area contributed by atoms with Crippen molar-refractivity contribution in [2.75, 3.05) is 32.8 Å². The number of unbranched alkanes of at least 4 members (excludes halogenated alkanes) is 1. The van der Waals surface area contributed by atoms with E-state index in [2.05, 4.69) is 31.0 Å². The molecule has 0 radical (unpaired) electrons. The van der Waals surface area contributed by atoms with E-state index >= 15 is 0 Å². The highest BCUT2D eigenvalue weighted by Gasteiger charge is 2.23. The first kappa shape index (κ1) is 15.9. The van der Waals surface area contributed by atoms with Crippen LogP contribution in [-0.2, 0) is 4.74 Å². The van der Waals surface area contributed by atoms with E-state index in [1.165, 1.54) is 45.2 Å². The largest absolute Gasteiger partial charge is 0.381 e. The van der Waals surface area contributed by atoms with Gasteiger partial charge in [0.1, 0.15) is 0 Å². The van der Waals surface area contributed by atoms with Crippen molar-refractivity contribution >= 4 is 0 Å². The minimum Gasteiger partial charge on any atom is -0.381 e. The predicted molar refractivity (Wildman–Crippen MR) is 78.1 cm³/mol. The van der Waals surface area contributed by atoms with Gasteiger partial charge in [0.05, 0.1) is 0 Å². The molecule has 0 aromatic carbocycles. The van der Waals surface area contributed by atoms with Crippen LogP contribution in [0.25, 0.3) is 0 Å². The molecule has 0 spiro atoms. The fourth-order valence-electron chi connectivity index (χ4n) is 2.57. The minimum atomic E-state index is 0.675. The second-order valence-corrected chi connectivity index (χ2v) is 5.56. The van der Waals surface area contributed by atoms with E-state index in [4.69, 9.17) is 4.74 Å². The molecule has 1 saturated heterocycles. The zero-order valence-corrected chi connectivity index (χ0v) is 12.6. The van der Waals surface area contributed by atoms with Gasteiger partial charge in [0.2, 0.25) is 0 Å². The average Bonchev–Trinajstić information content (AvgIpc) is 2.37. The summed E-state index contributed by atoms with van der Waals surface area (Å²) >= 11 is 0. The zero-order chi connectivity index (χ0) is 13.2. The van der Waals surface area contributed by atoms with Crippen molar-refractivity contribution in [1.82, 2.24) is 10.2 Å². The maximum Gasteiger partial charge on any atom is 0.0478 e. The lowest BCUT2D eigenvalue weighted by Gasteiger charge is -2.38. The maximum atomic E-state index is 5.63. The highest BCUT2D eigenvalue weighted by Crippen LogP contribution is 2.10. The van der Waals surface area contributed by atoms with Crippen LogP contribution >= 0.6 is 0 Å². The van der Waals surface area contributed by atoms with Crippen molar-refractivity contribution in [3.8, 4) is 0 Å². The van der Waals surface area contributed by atoms with Crippen LogP contribution in [0.4, 0.5) is 0 Å². The Morgan fingerprint density at radius 1 is 1.17 bits per heavy atom. The smallest absolute Gasteiger partial charge is 0.0478 e. The van der Waals surface area contributed by atoms with E-state index in [1.807, 2.05) is 0 Å². The molecule has 2 atom stereocenters. The summed E-state index contributed by atoms with van der Waals surface area (Å²) in [4.78, 5) is 2.63. The van der Waals surface area contributed by atoms with Gasteiger partial charge in [-0.2, -0.15) is 0 Å². The topological polar surface area (TPSA) is 24.5 Å². The molecule has 0 aromatic rings. The van der Waals surface area contributed by atoms with Crippen molar-refractivity contribution < 1.29 is 4.74 Å². The van der Waals surface area contributed by atoms with Gasteiger partial charge in [-0.25, -0.2) is 0 Å². The molecular formula is C15H32N2O. The van der Waals surface area contributed by atoms with Gasteiger partial charge >= 0.3 is 0 Å². The molecule has 1 rings (SSSR count). The van der Waals surface area contributed by atoms with Crippen molar-refractivity contribution in [3.63, 3.8) is 0 Å². The molecule has 18 heavy (non-hydrogen) atoms. The minimum absolute atomic E-state index is 0.675. The van der Waals surface area contributed by atoms with E-state index in [9.17, 15) is 0 Å². The van der Waals surface area contributed by atoms with Gasteiger partial charge in [0, 0.05) is 44.9 Å². The molecule has 1 aliphatic rings. The number of ether oxygens (including phenoxy) is 1. The lowest BCUT2D eigenvalue weighted by Crippen LogP contribution is -2.55. The maximum absolute atomic E-state index is 5.63. The van der Waals surface area contributed by atoms with Crippen LogP contribution in [0, 0.1) is 0 Å². The van der Waals surface area contributed by atoms with E-state index < -0.39 is 0 Å². The quantitative estimate of drug-likeness (QED) is 0.642. The van der Waals surface area contributed by atoms with Crippen LogP contribution in [-0.4, -0.2) is 49.8 Å². The highest BCUT2D eigenvalue weighted by molar-refractivity contribution is 4.83. The van der Waals surface area contributed by atoms with Crippen molar-refractivity contribution in [1.29, 1.82) is 0 Å². The molecule has 3 nitrogen and oxygen atoms in total. The molecule has 1 N–H and O–H groups in total. The standard InChI is InChI=1S/C15H32N2O/c1-4-6-10-18-11-7-9-17-13-15(8-5-2)16-12-14(17)3/h14-16H,4-13H2,1-3H3. The Bertz CT molecular complexity index is 199. The Hall–Kier alpha value is -0.120. The summed E-state index contributed by atoms with van der Waals surface area (Å²) in [6, 6.07) is 1.38. The second-order valence-electron chi connectivity index (χ2n) is 5.56. The summed E-state index contributed by atoms with van der Waals surface area (Å²) in [5, 5.41) is 3.65. The lowest BCUT2D eigenvalue weighted by atomic mass is 10.1. The van der Waals surface area contributed by atoms with Crippen LogP contribution in [0.15, 0.2) is 0 Å². The number of nitrogens with one attached hydrogen (secondary N) is 1. The summed E-state index contributed by atoms with van der Waals surface area (Å²) in [6.45, 7) is 12.2. The number of hydrogen-bond acceptors (Lipinski definition) is 3. The molecule has 1 aliphatic heterocycles. The van der Waals surface area contributed by atoms with Crippen LogP contribution in [0.3, 0.4) is 0 Å². The molecule has 0 bridgehead atoms.